The second kappa shape index (κ2) is 5.78. The number of nitrogens with zero attached hydrogens (tertiary/aromatic N) is 1. The molecule has 0 bridgehead atoms. The Morgan fingerprint density at radius 2 is 2.14 bits per heavy atom. The van der Waals surface area contributed by atoms with Crippen molar-refractivity contribution in [3.8, 4) is 0 Å². The molecular weight excluding hydrogens is 182 g/mol. The van der Waals surface area contributed by atoms with Gasteiger partial charge < -0.3 is 14.3 Å². The first-order valence-corrected chi connectivity index (χ1v) is 4.63. The molecular formula is C10H20NO3+. The smallest absolute Gasteiger partial charge is 0.330 e. The number of rotatable bonds is 6. The lowest BCUT2D eigenvalue weighted by Crippen LogP contribution is -2.41. The Morgan fingerprint density at radius 3 is 2.57 bits per heavy atom. The van der Waals surface area contributed by atoms with Gasteiger partial charge in [0.05, 0.1) is 27.7 Å². The van der Waals surface area contributed by atoms with Gasteiger partial charge in [0.2, 0.25) is 0 Å². The molecule has 0 radical (unpaired) electrons. The normalized spacial score (nSPS) is 13.4. The third kappa shape index (κ3) is 7.76. The number of ether oxygens (including phenoxy) is 1. The predicted octanol–water partition coefficient (Wildman–Crippen LogP) is 0.173. The third-order valence-electron chi connectivity index (χ3n) is 1.62. The number of hydrogen-bond donors (Lipinski definition) is 1. The van der Waals surface area contributed by atoms with Crippen LogP contribution in [0, 0.1) is 0 Å². The zero-order valence-electron chi connectivity index (χ0n) is 9.19. The highest BCUT2D eigenvalue weighted by molar-refractivity contribution is 5.81. The van der Waals surface area contributed by atoms with E-state index in [1.807, 2.05) is 21.1 Å². The van der Waals surface area contributed by atoms with Crippen molar-refractivity contribution in [1.82, 2.24) is 0 Å². The van der Waals surface area contributed by atoms with E-state index in [-0.39, 0.29) is 6.61 Å². The van der Waals surface area contributed by atoms with Gasteiger partial charge >= 0.3 is 5.97 Å². The lowest BCUT2D eigenvalue weighted by Gasteiger charge is -2.26. The maximum atomic E-state index is 10.7. The molecule has 1 atom stereocenters. The van der Waals surface area contributed by atoms with Crippen LogP contribution in [0.15, 0.2) is 12.7 Å². The van der Waals surface area contributed by atoms with Crippen molar-refractivity contribution >= 4 is 5.97 Å². The fourth-order valence-corrected chi connectivity index (χ4v) is 1.08. The molecule has 4 nitrogen and oxygen atoms in total. The Labute approximate surface area is 85.4 Å². The van der Waals surface area contributed by atoms with E-state index >= 15 is 0 Å². The number of aliphatic hydroxyl groups excluding tert-OH is 1. The van der Waals surface area contributed by atoms with E-state index in [2.05, 4.69) is 6.58 Å². The maximum absolute atomic E-state index is 10.7. The molecule has 0 fully saturated rings. The largest absolute Gasteiger partial charge is 0.462 e. The summed E-state index contributed by atoms with van der Waals surface area (Å²) in [6, 6.07) is 0. The summed E-state index contributed by atoms with van der Waals surface area (Å²) in [6.07, 6.45) is 1.15. The van der Waals surface area contributed by atoms with Gasteiger partial charge in [-0.3, -0.25) is 0 Å². The van der Waals surface area contributed by atoms with Crippen molar-refractivity contribution < 1.29 is 19.1 Å². The fourth-order valence-electron chi connectivity index (χ4n) is 1.08. The van der Waals surface area contributed by atoms with Gasteiger partial charge in [0, 0.05) is 12.5 Å². The van der Waals surface area contributed by atoms with Gasteiger partial charge in [0.25, 0.3) is 0 Å². The van der Waals surface area contributed by atoms with Crippen LogP contribution in [0.1, 0.15) is 6.42 Å². The molecule has 4 heteroatoms. The van der Waals surface area contributed by atoms with Crippen molar-refractivity contribution in [2.75, 3.05) is 34.3 Å². The van der Waals surface area contributed by atoms with Crippen molar-refractivity contribution in [3.63, 3.8) is 0 Å². The van der Waals surface area contributed by atoms with Crippen LogP contribution in [-0.2, 0) is 9.53 Å². The molecule has 82 valence electrons. The van der Waals surface area contributed by atoms with Gasteiger partial charge in [0.15, 0.2) is 0 Å². The van der Waals surface area contributed by atoms with E-state index in [4.69, 9.17) is 4.74 Å². The number of carbonyl (C=O) groups is 1. The average Bonchev–Trinajstić information content (AvgIpc) is 2.00. The van der Waals surface area contributed by atoms with Gasteiger partial charge in [-0.1, -0.05) is 6.58 Å². The Kier molecular flexibility index (Phi) is 5.42. The Balaban J connectivity index is 3.59. The van der Waals surface area contributed by atoms with Gasteiger partial charge in [0.1, 0.15) is 12.6 Å². The molecule has 0 saturated heterocycles. The standard InChI is InChI=1S/C10H20NO3/c1-5-10(13)14-7-6-9(12)8-11(2,3)4/h5,9,12H,1,6-8H2,2-4H3/q+1. The molecule has 0 heterocycles. The Bertz CT molecular complexity index is 196. The Hall–Kier alpha value is -0.870. The van der Waals surface area contributed by atoms with Gasteiger partial charge in [-0.2, -0.15) is 0 Å². The number of aliphatic hydroxyl groups is 1. The second-order valence-electron chi connectivity index (χ2n) is 4.29. The van der Waals surface area contributed by atoms with Crippen LogP contribution >= 0.6 is 0 Å². The summed E-state index contributed by atoms with van der Waals surface area (Å²) < 4.78 is 5.44. The molecule has 0 saturated carbocycles. The van der Waals surface area contributed by atoms with Crippen molar-refractivity contribution in [2.45, 2.75) is 12.5 Å². The van der Waals surface area contributed by atoms with E-state index in [0.29, 0.717) is 17.4 Å². The molecule has 0 aliphatic rings. The fraction of sp³-hybridized carbons (Fsp3) is 0.700. The Morgan fingerprint density at radius 1 is 1.57 bits per heavy atom. The summed E-state index contributed by atoms with van der Waals surface area (Å²) >= 11 is 0. The summed E-state index contributed by atoms with van der Waals surface area (Å²) in [5.74, 6) is -0.442. The summed E-state index contributed by atoms with van der Waals surface area (Å²) in [5.41, 5.74) is 0. The highest BCUT2D eigenvalue weighted by Gasteiger charge is 2.15. The van der Waals surface area contributed by atoms with E-state index in [9.17, 15) is 9.90 Å². The zero-order chi connectivity index (χ0) is 11.2. The van der Waals surface area contributed by atoms with Crippen LogP contribution in [0.4, 0.5) is 0 Å². The summed E-state index contributed by atoms with van der Waals surface area (Å²) in [7, 11) is 6.00. The van der Waals surface area contributed by atoms with E-state index in [1.54, 1.807) is 0 Å². The van der Waals surface area contributed by atoms with Crippen molar-refractivity contribution in [3.05, 3.63) is 12.7 Å². The van der Waals surface area contributed by atoms with Crippen LogP contribution in [-0.4, -0.2) is 56.0 Å². The molecule has 0 aliphatic carbocycles. The van der Waals surface area contributed by atoms with E-state index in [1.165, 1.54) is 0 Å². The SMILES string of the molecule is C=CC(=O)OCCC(O)C[N+](C)(C)C. The van der Waals surface area contributed by atoms with E-state index < -0.39 is 12.1 Å². The second-order valence-corrected chi connectivity index (χ2v) is 4.29. The molecule has 0 aromatic carbocycles. The first-order chi connectivity index (χ1) is 6.35. The minimum Gasteiger partial charge on any atom is -0.462 e. The quantitative estimate of drug-likeness (QED) is 0.379. The molecule has 14 heavy (non-hydrogen) atoms. The number of likely N-dealkylation sites (N-methyl/N-ethyl adjacent to an activating group) is 1. The van der Waals surface area contributed by atoms with E-state index in [0.717, 1.165) is 6.08 Å². The lowest BCUT2D eigenvalue weighted by atomic mass is 10.2. The van der Waals surface area contributed by atoms with Gasteiger partial charge in [-0.15, -0.1) is 0 Å². The van der Waals surface area contributed by atoms with Gasteiger partial charge in [-0.25, -0.2) is 4.79 Å². The molecule has 1 N–H and O–H groups in total. The first-order valence-electron chi connectivity index (χ1n) is 4.63. The molecule has 0 spiro atoms. The molecule has 0 amide bonds. The molecule has 0 aromatic rings. The molecule has 0 aromatic heterocycles. The number of carbonyl (C=O) groups excluding carboxylic acids is 1. The van der Waals surface area contributed by atoms with Crippen LogP contribution in [0.25, 0.3) is 0 Å². The van der Waals surface area contributed by atoms with Crippen molar-refractivity contribution in [2.24, 2.45) is 0 Å². The van der Waals surface area contributed by atoms with Crippen molar-refractivity contribution in [1.29, 1.82) is 0 Å². The minimum atomic E-state index is -0.442. The maximum Gasteiger partial charge on any atom is 0.330 e. The predicted molar refractivity (Wildman–Crippen MR) is 54.7 cm³/mol. The summed E-state index contributed by atoms with van der Waals surface area (Å²) in [5, 5.41) is 9.54. The lowest BCUT2D eigenvalue weighted by molar-refractivity contribution is -0.873. The molecule has 0 rings (SSSR count). The van der Waals surface area contributed by atoms with Gasteiger partial charge in [-0.05, 0) is 0 Å². The summed E-state index contributed by atoms with van der Waals surface area (Å²) in [6.45, 7) is 4.16. The number of quaternary nitrogens is 1. The minimum absolute atomic E-state index is 0.242. The highest BCUT2D eigenvalue weighted by Crippen LogP contribution is 1.99. The first kappa shape index (κ1) is 13.1. The van der Waals surface area contributed by atoms with Crippen LogP contribution in [0.3, 0.4) is 0 Å². The van der Waals surface area contributed by atoms with Crippen LogP contribution in [0.2, 0.25) is 0 Å². The monoisotopic (exact) mass is 202 g/mol. The molecule has 1 unspecified atom stereocenters. The molecule has 0 aliphatic heterocycles. The summed E-state index contributed by atoms with van der Waals surface area (Å²) in [4.78, 5) is 10.7. The highest BCUT2D eigenvalue weighted by atomic mass is 16.5. The van der Waals surface area contributed by atoms with Crippen LogP contribution < -0.4 is 0 Å². The number of hydrogen-bond acceptors (Lipinski definition) is 3. The van der Waals surface area contributed by atoms with Crippen LogP contribution in [0.5, 0.6) is 0 Å². The number of esters is 1. The average molecular weight is 202 g/mol. The third-order valence-corrected chi connectivity index (χ3v) is 1.62. The zero-order valence-corrected chi connectivity index (χ0v) is 9.19. The topological polar surface area (TPSA) is 46.5 Å².